The van der Waals surface area contributed by atoms with Crippen LogP contribution in [0.5, 0.6) is 5.75 Å². The lowest BCUT2D eigenvalue weighted by molar-refractivity contribution is -0.671. The molecule has 2 rings (SSSR count). The minimum Gasteiger partial charge on any atom is -0.476 e. The van der Waals surface area contributed by atoms with Crippen LogP contribution in [0.2, 0.25) is 0 Å². The highest BCUT2D eigenvalue weighted by Crippen LogP contribution is 2.25. The summed E-state index contributed by atoms with van der Waals surface area (Å²) in [6.45, 7) is 2.54. The molecule has 28 heavy (non-hydrogen) atoms. The summed E-state index contributed by atoms with van der Waals surface area (Å²) in [6.07, 6.45) is 3.47. The van der Waals surface area contributed by atoms with E-state index in [-0.39, 0.29) is 17.0 Å². The van der Waals surface area contributed by atoms with Crippen molar-refractivity contribution in [2.75, 3.05) is 13.2 Å². The standard InChI is InChI=1S/C19H19BrF2N2O4/c1-19(2,23-18(26)12-4-6-24(3)7-5-12)11-28-16(25)10-27-17-14(21)8-13(20)9-15(17)22/h4-9H,10-11H2,1-3H3/p+1. The number of benzene rings is 1. The normalized spacial score (nSPS) is 11.1. The fraction of sp³-hybridized carbons (Fsp3) is 0.316. The molecule has 1 aromatic carbocycles. The molecule has 0 saturated heterocycles. The van der Waals surface area contributed by atoms with E-state index in [2.05, 4.69) is 21.2 Å². The molecule has 0 fully saturated rings. The quantitative estimate of drug-likeness (QED) is 0.512. The molecule has 0 radical (unpaired) electrons. The Labute approximate surface area is 169 Å². The summed E-state index contributed by atoms with van der Waals surface area (Å²) in [5.41, 5.74) is -0.402. The van der Waals surface area contributed by atoms with Gasteiger partial charge in [0, 0.05) is 16.6 Å². The number of halogens is 3. The zero-order valence-electron chi connectivity index (χ0n) is 15.6. The molecular weight excluding hydrogens is 438 g/mol. The summed E-state index contributed by atoms with van der Waals surface area (Å²) < 4.78 is 39.3. The van der Waals surface area contributed by atoms with E-state index in [1.54, 1.807) is 42.9 Å². The zero-order valence-corrected chi connectivity index (χ0v) is 17.2. The Morgan fingerprint density at radius 3 is 2.32 bits per heavy atom. The maximum atomic E-state index is 13.7. The van der Waals surface area contributed by atoms with E-state index < -0.39 is 35.5 Å². The van der Waals surface area contributed by atoms with E-state index in [4.69, 9.17) is 9.47 Å². The molecule has 0 atom stereocenters. The maximum absolute atomic E-state index is 13.7. The monoisotopic (exact) mass is 457 g/mol. The van der Waals surface area contributed by atoms with E-state index in [9.17, 15) is 18.4 Å². The van der Waals surface area contributed by atoms with Gasteiger partial charge in [0.25, 0.3) is 5.91 Å². The Bertz CT molecular complexity index is 850. The van der Waals surface area contributed by atoms with Crippen LogP contribution in [0.25, 0.3) is 0 Å². The van der Waals surface area contributed by atoms with Crippen molar-refractivity contribution < 1.29 is 32.4 Å². The third kappa shape index (κ3) is 6.26. The summed E-state index contributed by atoms with van der Waals surface area (Å²) in [4.78, 5) is 24.1. The van der Waals surface area contributed by atoms with Crippen molar-refractivity contribution in [1.29, 1.82) is 0 Å². The van der Waals surface area contributed by atoms with Gasteiger partial charge in [0.05, 0.1) is 11.1 Å². The van der Waals surface area contributed by atoms with Gasteiger partial charge in [0.1, 0.15) is 13.7 Å². The first kappa shape index (κ1) is 21.7. The van der Waals surface area contributed by atoms with Gasteiger partial charge < -0.3 is 14.8 Å². The molecule has 150 valence electrons. The topological polar surface area (TPSA) is 68.5 Å². The summed E-state index contributed by atoms with van der Waals surface area (Å²) in [6, 6.07) is 5.36. The van der Waals surface area contributed by atoms with Crippen molar-refractivity contribution in [1.82, 2.24) is 5.32 Å². The number of carbonyl (C=O) groups excluding carboxylic acids is 2. The molecular formula is C19H20BrF2N2O4+. The van der Waals surface area contributed by atoms with Crippen LogP contribution in [0.4, 0.5) is 8.78 Å². The molecule has 1 heterocycles. The number of pyridine rings is 1. The third-order valence-corrected chi connectivity index (χ3v) is 4.04. The fourth-order valence-corrected chi connectivity index (χ4v) is 2.57. The van der Waals surface area contributed by atoms with Gasteiger partial charge in [-0.1, -0.05) is 15.9 Å². The molecule has 0 bridgehead atoms. The molecule has 1 N–H and O–H groups in total. The average Bonchev–Trinajstić information content (AvgIpc) is 2.59. The van der Waals surface area contributed by atoms with E-state index >= 15 is 0 Å². The molecule has 0 aliphatic rings. The Balaban J connectivity index is 1.85. The summed E-state index contributed by atoms with van der Waals surface area (Å²) in [5, 5.41) is 2.75. The van der Waals surface area contributed by atoms with Gasteiger partial charge in [-0.15, -0.1) is 0 Å². The van der Waals surface area contributed by atoms with Gasteiger partial charge in [0.2, 0.25) is 0 Å². The lowest BCUT2D eigenvalue weighted by Gasteiger charge is -2.25. The maximum Gasteiger partial charge on any atom is 0.344 e. The average molecular weight is 458 g/mol. The lowest BCUT2D eigenvalue weighted by Crippen LogP contribution is -2.47. The van der Waals surface area contributed by atoms with Gasteiger partial charge in [-0.05, 0) is 26.0 Å². The second-order valence-corrected chi connectivity index (χ2v) is 7.65. The number of rotatable bonds is 7. The second kappa shape index (κ2) is 9.09. The van der Waals surface area contributed by atoms with E-state index in [0.29, 0.717) is 5.56 Å². The molecule has 0 saturated carbocycles. The van der Waals surface area contributed by atoms with Gasteiger partial charge in [-0.2, -0.15) is 0 Å². The Hall–Kier alpha value is -2.55. The van der Waals surface area contributed by atoms with Crippen LogP contribution >= 0.6 is 15.9 Å². The van der Waals surface area contributed by atoms with Gasteiger partial charge >= 0.3 is 5.97 Å². The van der Waals surface area contributed by atoms with Gasteiger partial charge in [-0.25, -0.2) is 18.1 Å². The van der Waals surface area contributed by atoms with Crippen molar-refractivity contribution >= 4 is 27.8 Å². The van der Waals surface area contributed by atoms with E-state index in [1.807, 2.05) is 7.05 Å². The number of amides is 1. The predicted molar refractivity (Wildman–Crippen MR) is 99.7 cm³/mol. The first-order valence-corrected chi connectivity index (χ1v) is 9.07. The summed E-state index contributed by atoms with van der Waals surface area (Å²) in [7, 11) is 1.83. The summed E-state index contributed by atoms with van der Waals surface area (Å²) >= 11 is 2.95. The van der Waals surface area contributed by atoms with E-state index in [0.717, 1.165) is 12.1 Å². The van der Waals surface area contributed by atoms with Crippen molar-refractivity contribution in [3.8, 4) is 5.75 Å². The van der Waals surface area contributed by atoms with Crippen LogP contribution in [0, 0.1) is 11.6 Å². The number of ether oxygens (including phenoxy) is 2. The molecule has 1 amide bonds. The third-order valence-electron chi connectivity index (χ3n) is 3.58. The van der Waals surface area contributed by atoms with Gasteiger partial charge in [0.15, 0.2) is 36.4 Å². The molecule has 1 aromatic heterocycles. The highest BCUT2D eigenvalue weighted by molar-refractivity contribution is 9.10. The number of hydrogen-bond donors (Lipinski definition) is 1. The molecule has 0 unspecified atom stereocenters. The highest BCUT2D eigenvalue weighted by atomic mass is 79.9. The van der Waals surface area contributed by atoms with Crippen LogP contribution < -0.4 is 14.6 Å². The number of nitrogens with one attached hydrogen (secondary N) is 1. The number of aromatic nitrogens is 1. The first-order chi connectivity index (χ1) is 13.1. The van der Waals surface area contributed by atoms with Crippen molar-refractivity contribution in [3.05, 3.63) is 58.3 Å². The van der Waals surface area contributed by atoms with Crippen LogP contribution in [0.15, 0.2) is 41.1 Å². The largest absolute Gasteiger partial charge is 0.476 e. The van der Waals surface area contributed by atoms with E-state index in [1.165, 1.54) is 0 Å². The number of aryl methyl sites for hydroxylation is 1. The van der Waals surface area contributed by atoms with Crippen molar-refractivity contribution in [2.45, 2.75) is 19.4 Å². The molecule has 0 spiro atoms. The second-order valence-electron chi connectivity index (χ2n) is 6.74. The smallest absolute Gasteiger partial charge is 0.344 e. The number of nitrogens with zero attached hydrogens (tertiary/aromatic N) is 1. The van der Waals surface area contributed by atoms with Crippen LogP contribution in [-0.2, 0) is 16.6 Å². The lowest BCUT2D eigenvalue weighted by atomic mass is 10.1. The Kier molecular flexibility index (Phi) is 7.06. The predicted octanol–water partition coefficient (Wildman–Crippen LogP) is 2.68. The number of hydrogen-bond acceptors (Lipinski definition) is 4. The number of esters is 1. The summed E-state index contributed by atoms with van der Waals surface area (Å²) in [5.74, 6) is -3.69. The van der Waals surface area contributed by atoms with Crippen molar-refractivity contribution in [2.24, 2.45) is 7.05 Å². The molecule has 0 aliphatic heterocycles. The van der Waals surface area contributed by atoms with Crippen LogP contribution in [-0.4, -0.2) is 30.6 Å². The number of carbonyl (C=O) groups is 2. The molecule has 6 nitrogen and oxygen atoms in total. The SMILES string of the molecule is C[n+]1ccc(C(=O)NC(C)(C)COC(=O)COc2c(F)cc(Br)cc2F)cc1. The molecule has 0 aliphatic carbocycles. The highest BCUT2D eigenvalue weighted by Gasteiger charge is 2.24. The van der Waals surface area contributed by atoms with Crippen LogP contribution in [0.3, 0.4) is 0 Å². The Morgan fingerprint density at radius 1 is 1.18 bits per heavy atom. The zero-order chi connectivity index (χ0) is 20.9. The fourth-order valence-electron chi connectivity index (χ4n) is 2.17. The first-order valence-electron chi connectivity index (χ1n) is 8.28. The van der Waals surface area contributed by atoms with Crippen LogP contribution in [0.1, 0.15) is 24.2 Å². The molecule has 2 aromatic rings. The Morgan fingerprint density at radius 2 is 1.75 bits per heavy atom. The minimum atomic E-state index is -0.941. The molecule has 9 heteroatoms. The van der Waals surface area contributed by atoms with Gasteiger partial charge in [-0.3, -0.25) is 4.79 Å². The minimum absolute atomic E-state index is 0.146. The van der Waals surface area contributed by atoms with Crippen molar-refractivity contribution in [3.63, 3.8) is 0 Å².